The fourth-order valence-electron chi connectivity index (χ4n) is 5.26. The third-order valence-corrected chi connectivity index (χ3v) is 8.48. The van der Waals surface area contributed by atoms with Gasteiger partial charge in [0.2, 0.25) is 7.98 Å². The minimum absolute atomic E-state index is 0.212. The summed E-state index contributed by atoms with van der Waals surface area (Å²) in [6.07, 6.45) is 1.74. The molecule has 2 radical (unpaired) electrons. The number of allylic oxidation sites excluding steroid dienone is 1. The van der Waals surface area contributed by atoms with Crippen molar-refractivity contribution < 1.29 is 9.59 Å². The van der Waals surface area contributed by atoms with Crippen LogP contribution in [0.2, 0.25) is 0 Å². The highest BCUT2D eigenvalue weighted by Crippen LogP contribution is 2.52. The van der Waals surface area contributed by atoms with Gasteiger partial charge in [-0.3, -0.25) is 9.59 Å². The maximum absolute atomic E-state index is 13.3. The Bertz CT molecular complexity index is 1550. The molecule has 3 nitrogen and oxygen atoms in total. The highest BCUT2D eigenvalue weighted by Gasteiger charge is 2.38. The quantitative estimate of drug-likeness (QED) is 0.174. The first-order valence-electron chi connectivity index (χ1n) is 11.8. The average Bonchev–Trinajstić information content (AvgIpc) is 3.38. The molecular weight excluding hydrogens is 449 g/mol. The normalized spacial score (nSPS) is 16.0. The lowest BCUT2D eigenvalue weighted by Gasteiger charge is -2.39. The molecule has 6 rings (SSSR count). The van der Waals surface area contributed by atoms with Crippen molar-refractivity contribution >= 4 is 58.4 Å². The number of nitrogens with zero attached hydrogens (tertiary/aromatic N) is 1. The molecule has 0 spiro atoms. The van der Waals surface area contributed by atoms with Crippen molar-refractivity contribution in [1.29, 1.82) is 0 Å². The van der Waals surface area contributed by atoms with Crippen molar-refractivity contribution in [3.05, 3.63) is 98.9 Å². The molecule has 5 heteroatoms. The van der Waals surface area contributed by atoms with E-state index in [9.17, 15) is 9.59 Å². The lowest BCUT2D eigenvalue weighted by Crippen LogP contribution is -2.30. The number of benzene rings is 3. The molecule has 0 unspecified atom stereocenters. The molecule has 170 valence electrons. The Balaban J connectivity index is 1.44. The third kappa shape index (κ3) is 3.18. The highest BCUT2D eigenvalue weighted by molar-refractivity contribution is 7.17. The van der Waals surface area contributed by atoms with E-state index in [2.05, 4.69) is 52.0 Å². The van der Waals surface area contributed by atoms with Gasteiger partial charge in [-0.1, -0.05) is 64.1 Å². The highest BCUT2D eigenvalue weighted by atomic mass is 32.1. The molecule has 1 aromatic heterocycles. The van der Waals surface area contributed by atoms with Gasteiger partial charge in [0.25, 0.3) is 0 Å². The minimum atomic E-state index is -0.261. The number of carbonyl (C=O) groups excluding carboxylic acids is 2. The third-order valence-electron chi connectivity index (χ3n) is 7.39. The molecule has 0 amide bonds. The van der Waals surface area contributed by atoms with Crippen LogP contribution < -0.4 is 4.81 Å². The van der Waals surface area contributed by atoms with E-state index in [1.807, 2.05) is 36.4 Å². The number of carbonyl (C=O) groups is 2. The summed E-state index contributed by atoms with van der Waals surface area (Å²) in [4.78, 5) is 29.1. The van der Waals surface area contributed by atoms with E-state index >= 15 is 0 Å². The second-order valence-corrected chi connectivity index (χ2v) is 11.3. The molecule has 2 heterocycles. The van der Waals surface area contributed by atoms with E-state index in [1.54, 1.807) is 10.9 Å². The van der Waals surface area contributed by atoms with Gasteiger partial charge in [0.1, 0.15) is 0 Å². The first-order chi connectivity index (χ1) is 16.7. The van der Waals surface area contributed by atoms with E-state index in [0.717, 1.165) is 31.9 Å². The summed E-state index contributed by atoms with van der Waals surface area (Å²) in [7, 11) is 6.60. The summed E-state index contributed by atoms with van der Waals surface area (Å²) in [5, 5.41) is 2.85. The van der Waals surface area contributed by atoms with Crippen LogP contribution in [-0.4, -0.2) is 19.5 Å². The molecule has 0 saturated carbocycles. The number of ketones is 2. The summed E-state index contributed by atoms with van der Waals surface area (Å²) < 4.78 is 0. The van der Waals surface area contributed by atoms with Crippen LogP contribution >= 0.6 is 11.3 Å². The van der Waals surface area contributed by atoms with E-state index in [4.69, 9.17) is 7.98 Å². The SMILES string of the molecule is [B]N1c2ccc(C(C)C)cc2C(C)(C)c2cc(C=C3C(=O)c4cc5ccccc5cc4C3=O)sc21. The van der Waals surface area contributed by atoms with Crippen LogP contribution in [-0.2, 0) is 5.41 Å². The van der Waals surface area contributed by atoms with Gasteiger partial charge in [0.15, 0.2) is 11.6 Å². The number of thiophene rings is 1. The smallest absolute Gasteiger partial charge is 0.235 e. The average molecular weight is 473 g/mol. The Kier molecular flexibility index (Phi) is 4.75. The molecular formula is C30H24BNO2S. The summed E-state index contributed by atoms with van der Waals surface area (Å²) in [5.74, 6) is -0.00383. The maximum atomic E-state index is 13.3. The summed E-state index contributed by atoms with van der Waals surface area (Å²) in [6.45, 7) is 8.79. The predicted octanol–water partition coefficient (Wildman–Crippen LogP) is 7.35. The topological polar surface area (TPSA) is 37.4 Å². The van der Waals surface area contributed by atoms with Gasteiger partial charge in [-0.15, -0.1) is 11.3 Å². The van der Waals surface area contributed by atoms with Crippen molar-refractivity contribution in [1.82, 2.24) is 0 Å². The Morgan fingerprint density at radius 3 is 2.11 bits per heavy atom. The van der Waals surface area contributed by atoms with Crippen LogP contribution in [0.25, 0.3) is 16.8 Å². The van der Waals surface area contributed by atoms with Gasteiger partial charge in [-0.25, -0.2) is 0 Å². The molecule has 0 atom stereocenters. The lowest BCUT2D eigenvalue weighted by molar-refractivity contribution is 0.0990. The van der Waals surface area contributed by atoms with Gasteiger partial charge in [-0.2, -0.15) is 0 Å². The van der Waals surface area contributed by atoms with Crippen molar-refractivity contribution in [3.63, 3.8) is 0 Å². The summed E-state index contributed by atoms with van der Waals surface area (Å²) in [6, 6.07) is 20.0. The van der Waals surface area contributed by atoms with Crippen LogP contribution in [0.15, 0.2) is 66.2 Å². The molecule has 0 saturated heterocycles. The van der Waals surface area contributed by atoms with E-state index in [1.165, 1.54) is 22.5 Å². The largest absolute Gasteiger partial charge is 0.389 e. The fraction of sp³-hybridized carbons (Fsp3) is 0.200. The number of Topliss-reactive ketones (excluding diaryl/α,β-unsaturated/α-hetero) is 2. The first-order valence-corrected chi connectivity index (χ1v) is 12.7. The number of anilines is 2. The number of hydrogen-bond acceptors (Lipinski definition) is 4. The Labute approximate surface area is 210 Å². The van der Waals surface area contributed by atoms with Gasteiger partial charge in [0, 0.05) is 27.1 Å². The monoisotopic (exact) mass is 473 g/mol. The lowest BCUT2D eigenvalue weighted by atomic mass is 9.74. The molecule has 1 aliphatic carbocycles. The number of rotatable bonds is 2. The Hall–Kier alpha value is -3.44. The molecule has 3 aromatic carbocycles. The molecule has 35 heavy (non-hydrogen) atoms. The van der Waals surface area contributed by atoms with Crippen LogP contribution in [0.1, 0.15) is 75.9 Å². The summed E-state index contributed by atoms with van der Waals surface area (Å²) >= 11 is 1.51. The molecule has 0 N–H and O–H groups in total. The van der Waals surface area contributed by atoms with Gasteiger partial charge in [0.05, 0.1) is 10.6 Å². The predicted molar refractivity (Wildman–Crippen MR) is 145 cm³/mol. The van der Waals surface area contributed by atoms with Crippen molar-refractivity contribution in [3.8, 4) is 0 Å². The number of fused-ring (bicyclic) bond motifs is 4. The standard InChI is InChI=1S/C30H24BNO2S/c1-16(2)17-9-10-26-24(13-17)30(3,4)25-15-20(35-29(25)32(26)31)14-23-27(33)21-11-18-7-5-6-8-19(18)12-22(21)28(23)34/h5-16H,1-4H3. The van der Waals surface area contributed by atoms with Gasteiger partial charge < -0.3 is 4.81 Å². The Morgan fingerprint density at radius 2 is 1.51 bits per heavy atom. The fourth-order valence-corrected chi connectivity index (χ4v) is 6.46. The summed E-state index contributed by atoms with van der Waals surface area (Å²) in [5.41, 5.74) is 5.47. The molecule has 0 bridgehead atoms. The van der Waals surface area contributed by atoms with Crippen LogP contribution in [0.3, 0.4) is 0 Å². The van der Waals surface area contributed by atoms with Crippen LogP contribution in [0.4, 0.5) is 10.7 Å². The van der Waals surface area contributed by atoms with Crippen molar-refractivity contribution in [2.45, 2.75) is 39.0 Å². The van der Waals surface area contributed by atoms with E-state index in [0.29, 0.717) is 17.0 Å². The minimum Gasteiger partial charge on any atom is -0.389 e. The van der Waals surface area contributed by atoms with Gasteiger partial charge in [-0.05, 0) is 63.7 Å². The zero-order chi connectivity index (χ0) is 24.6. The number of hydrogen-bond donors (Lipinski definition) is 0. The molecule has 0 fully saturated rings. The molecule has 2 aliphatic rings. The van der Waals surface area contributed by atoms with Gasteiger partial charge >= 0.3 is 0 Å². The zero-order valence-electron chi connectivity index (χ0n) is 20.2. The maximum Gasteiger partial charge on any atom is 0.235 e. The molecule has 1 aliphatic heterocycles. The van der Waals surface area contributed by atoms with Crippen LogP contribution in [0.5, 0.6) is 0 Å². The van der Waals surface area contributed by atoms with E-state index in [-0.39, 0.29) is 22.6 Å². The van der Waals surface area contributed by atoms with Crippen molar-refractivity contribution in [2.24, 2.45) is 0 Å². The molecule has 4 aromatic rings. The second kappa shape index (κ2) is 7.53. The second-order valence-electron chi connectivity index (χ2n) is 10.3. The van der Waals surface area contributed by atoms with E-state index < -0.39 is 0 Å². The Morgan fingerprint density at radius 1 is 0.886 bits per heavy atom. The zero-order valence-corrected chi connectivity index (χ0v) is 21.0. The first kappa shape index (κ1) is 22.1. The van der Waals surface area contributed by atoms with Crippen LogP contribution in [0, 0.1) is 0 Å². The van der Waals surface area contributed by atoms with Crippen molar-refractivity contribution in [2.75, 3.05) is 4.81 Å².